The van der Waals surface area contributed by atoms with Crippen molar-refractivity contribution in [3.05, 3.63) is 58.4 Å². The molecule has 0 aliphatic rings. The predicted molar refractivity (Wildman–Crippen MR) is 84.7 cm³/mol. The molecule has 2 aromatic rings. The molecule has 0 spiro atoms. The van der Waals surface area contributed by atoms with E-state index in [1.165, 1.54) is 12.1 Å². The van der Waals surface area contributed by atoms with Crippen molar-refractivity contribution in [3.63, 3.8) is 0 Å². The van der Waals surface area contributed by atoms with E-state index in [0.29, 0.717) is 5.75 Å². The molecule has 0 atom stereocenters. The maximum Gasteiger partial charge on any atom is 0.146 e. The second-order valence-corrected chi connectivity index (χ2v) is 5.36. The number of ether oxygens (including phenoxy) is 1. The molecule has 2 nitrogen and oxygen atoms in total. The van der Waals surface area contributed by atoms with Crippen molar-refractivity contribution in [3.8, 4) is 11.5 Å². The van der Waals surface area contributed by atoms with Gasteiger partial charge in [0, 0.05) is 6.54 Å². The van der Waals surface area contributed by atoms with Crippen molar-refractivity contribution in [2.75, 3.05) is 6.54 Å². The molecule has 0 bridgehead atoms. The van der Waals surface area contributed by atoms with Gasteiger partial charge in [-0.25, -0.2) is 4.39 Å². The highest BCUT2D eigenvalue weighted by Crippen LogP contribution is 2.32. The fraction of sp³-hybridized carbons (Fsp3) is 0.294. The molecule has 0 aromatic heterocycles. The molecule has 0 radical (unpaired) electrons. The number of hydrogen-bond donors (Lipinski definition) is 1. The van der Waals surface area contributed by atoms with E-state index in [1.54, 1.807) is 6.07 Å². The highest BCUT2D eigenvalue weighted by molar-refractivity contribution is 6.32. The average molecular weight is 308 g/mol. The van der Waals surface area contributed by atoms with Crippen molar-refractivity contribution < 1.29 is 9.13 Å². The largest absolute Gasteiger partial charge is 0.456 e. The molecule has 0 saturated heterocycles. The monoisotopic (exact) mass is 307 g/mol. The summed E-state index contributed by atoms with van der Waals surface area (Å²) in [5.74, 6) is 0.820. The Bertz CT molecular complexity index is 616. The molecule has 0 amide bonds. The lowest BCUT2D eigenvalue weighted by molar-refractivity contribution is 0.476. The first-order chi connectivity index (χ1) is 10.1. The van der Waals surface area contributed by atoms with Gasteiger partial charge in [-0.15, -0.1) is 0 Å². The van der Waals surface area contributed by atoms with Crippen LogP contribution in [0.2, 0.25) is 5.02 Å². The topological polar surface area (TPSA) is 21.3 Å². The van der Waals surface area contributed by atoms with Gasteiger partial charge in [0.1, 0.15) is 17.3 Å². The van der Waals surface area contributed by atoms with E-state index in [0.717, 1.165) is 36.4 Å². The molecule has 0 aliphatic heterocycles. The first-order valence-corrected chi connectivity index (χ1v) is 7.41. The van der Waals surface area contributed by atoms with Crippen molar-refractivity contribution in [1.82, 2.24) is 5.32 Å². The van der Waals surface area contributed by atoms with Crippen LogP contribution in [0.25, 0.3) is 0 Å². The second-order valence-electron chi connectivity index (χ2n) is 4.95. The number of halogens is 2. The van der Waals surface area contributed by atoms with Crippen molar-refractivity contribution in [1.29, 1.82) is 0 Å². The predicted octanol–water partition coefficient (Wildman–Crippen LogP) is 5.08. The first-order valence-electron chi connectivity index (χ1n) is 7.03. The molecule has 2 aromatic carbocycles. The lowest BCUT2D eigenvalue weighted by Crippen LogP contribution is -2.13. The number of rotatable bonds is 6. The Morgan fingerprint density at radius 1 is 1.14 bits per heavy atom. The third-order valence-electron chi connectivity index (χ3n) is 3.12. The summed E-state index contributed by atoms with van der Waals surface area (Å²) in [6, 6.07) is 10.2. The summed E-state index contributed by atoms with van der Waals surface area (Å²) in [5, 5.41) is 3.62. The molecule has 0 saturated carbocycles. The fourth-order valence-corrected chi connectivity index (χ4v) is 2.16. The SMILES string of the molecule is CCCNCc1ccc(C)c(Oc2ccc(F)cc2Cl)c1. The van der Waals surface area contributed by atoms with E-state index in [2.05, 4.69) is 18.3 Å². The maximum absolute atomic E-state index is 13.1. The lowest BCUT2D eigenvalue weighted by atomic mass is 10.1. The van der Waals surface area contributed by atoms with Gasteiger partial charge in [-0.05, 0) is 55.3 Å². The number of benzene rings is 2. The van der Waals surface area contributed by atoms with Crippen LogP contribution in [0.15, 0.2) is 36.4 Å². The standard InChI is InChI=1S/C17H19ClFNO/c1-3-8-20-11-13-5-4-12(2)17(9-13)21-16-7-6-14(19)10-15(16)18/h4-7,9-10,20H,3,8,11H2,1-2H3. The Balaban J connectivity index is 2.16. The van der Waals surface area contributed by atoms with Gasteiger partial charge >= 0.3 is 0 Å². The molecule has 0 unspecified atom stereocenters. The van der Waals surface area contributed by atoms with E-state index in [1.807, 2.05) is 19.1 Å². The maximum atomic E-state index is 13.1. The Morgan fingerprint density at radius 3 is 2.67 bits per heavy atom. The minimum Gasteiger partial charge on any atom is -0.456 e. The minimum atomic E-state index is -0.374. The van der Waals surface area contributed by atoms with Crippen molar-refractivity contribution >= 4 is 11.6 Å². The summed E-state index contributed by atoms with van der Waals surface area (Å²) in [7, 11) is 0. The van der Waals surface area contributed by atoms with E-state index in [4.69, 9.17) is 16.3 Å². The van der Waals surface area contributed by atoms with E-state index >= 15 is 0 Å². The van der Waals surface area contributed by atoms with Crippen LogP contribution in [-0.4, -0.2) is 6.54 Å². The van der Waals surface area contributed by atoms with Crippen molar-refractivity contribution in [2.45, 2.75) is 26.8 Å². The number of aryl methyl sites for hydroxylation is 1. The Morgan fingerprint density at radius 2 is 1.95 bits per heavy atom. The number of nitrogens with one attached hydrogen (secondary N) is 1. The molecule has 4 heteroatoms. The van der Waals surface area contributed by atoms with Crippen molar-refractivity contribution in [2.24, 2.45) is 0 Å². The summed E-state index contributed by atoms with van der Waals surface area (Å²) >= 11 is 6.00. The van der Waals surface area contributed by atoms with Gasteiger partial charge in [0.05, 0.1) is 5.02 Å². The Hall–Kier alpha value is -1.58. The molecular weight excluding hydrogens is 289 g/mol. The molecular formula is C17H19ClFNO. The third-order valence-corrected chi connectivity index (χ3v) is 3.42. The smallest absolute Gasteiger partial charge is 0.146 e. The molecule has 112 valence electrons. The van der Waals surface area contributed by atoms with Gasteiger partial charge in [-0.3, -0.25) is 0 Å². The van der Waals surface area contributed by atoms with Crippen LogP contribution in [0, 0.1) is 12.7 Å². The van der Waals surface area contributed by atoms with Gasteiger partial charge in [0.2, 0.25) is 0 Å². The van der Waals surface area contributed by atoms with E-state index in [9.17, 15) is 4.39 Å². The lowest BCUT2D eigenvalue weighted by Gasteiger charge is -2.12. The van der Waals surface area contributed by atoms with Gasteiger partial charge in [-0.1, -0.05) is 30.7 Å². The zero-order valence-electron chi connectivity index (χ0n) is 12.2. The summed E-state index contributed by atoms with van der Waals surface area (Å²) in [6.45, 7) is 5.87. The molecule has 21 heavy (non-hydrogen) atoms. The van der Waals surface area contributed by atoms with Crippen LogP contribution in [0.3, 0.4) is 0 Å². The minimum absolute atomic E-state index is 0.268. The number of hydrogen-bond acceptors (Lipinski definition) is 2. The summed E-state index contributed by atoms with van der Waals surface area (Å²) in [5.41, 5.74) is 2.15. The Labute approximate surface area is 129 Å². The highest BCUT2D eigenvalue weighted by Gasteiger charge is 2.07. The second kappa shape index (κ2) is 7.43. The molecule has 0 fully saturated rings. The van der Waals surface area contributed by atoms with Gasteiger partial charge in [-0.2, -0.15) is 0 Å². The zero-order chi connectivity index (χ0) is 15.2. The van der Waals surface area contributed by atoms with Crippen LogP contribution in [-0.2, 0) is 6.54 Å². The molecule has 2 rings (SSSR count). The van der Waals surface area contributed by atoms with E-state index in [-0.39, 0.29) is 10.8 Å². The average Bonchev–Trinajstić information content (AvgIpc) is 2.45. The van der Waals surface area contributed by atoms with Gasteiger partial charge < -0.3 is 10.1 Å². The summed E-state index contributed by atoms with van der Waals surface area (Å²) in [6.07, 6.45) is 1.10. The van der Waals surface area contributed by atoms with Gasteiger partial charge in [0.25, 0.3) is 0 Å². The van der Waals surface area contributed by atoms with Crippen LogP contribution in [0.4, 0.5) is 4.39 Å². The first kappa shape index (κ1) is 15.8. The Kier molecular flexibility index (Phi) is 5.59. The summed E-state index contributed by atoms with van der Waals surface area (Å²) in [4.78, 5) is 0. The molecule has 0 aliphatic carbocycles. The van der Waals surface area contributed by atoms with Crippen LogP contribution in [0.5, 0.6) is 11.5 Å². The highest BCUT2D eigenvalue weighted by atomic mass is 35.5. The summed E-state index contributed by atoms with van der Waals surface area (Å²) < 4.78 is 18.9. The van der Waals surface area contributed by atoms with Gasteiger partial charge in [0.15, 0.2) is 0 Å². The zero-order valence-corrected chi connectivity index (χ0v) is 13.0. The third kappa shape index (κ3) is 4.45. The van der Waals surface area contributed by atoms with E-state index < -0.39 is 0 Å². The fourth-order valence-electron chi connectivity index (χ4n) is 1.95. The van der Waals surface area contributed by atoms with Crippen LogP contribution in [0.1, 0.15) is 24.5 Å². The molecule has 1 N–H and O–H groups in total. The van der Waals surface area contributed by atoms with Crippen LogP contribution < -0.4 is 10.1 Å². The quantitative estimate of drug-likeness (QED) is 0.751. The normalized spacial score (nSPS) is 10.7. The van der Waals surface area contributed by atoms with Crippen LogP contribution >= 0.6 is 11.6 Å². The molecule has 0 heterocycles.